The third-order valence-corrected chi connectivity index (χ3v) is 2.61. The van der Waals surface area contributed by atoms with Crippen LogP contribution in [0, 0.1) is 10.1 Å². The van der Waals surface area contributed by atoms with Gasteiger partial charge >= 0.3 is 5.95 Å². The van der Waals surface area contributed by atoms with Crippen molar-refractivity contribution in [1.29, 1.82) is 0 Å². The second kappa shape index (κ2) is 9.05. The summed E-state index contributed by atoms with van der Waals surface area (Å²) in [4.78, 5) is 47.2. The third-order valence-electron chi connectivity index (χ3n) is 2.61. The van der Waals surface area contributed by atoms with Gasteiger partial charge < -0.3 is 24.5 Å². The molecule has 11 heteroatoms. The minimum Gasteiger partial charge on any atom is -0.466 e. The van der Waals surface area contributed by atoms with Crippen LogP contribution in [-0.2, 0) is 30.4 Å². The Bertz CT molecular complexity index is 516. The van der Waals surface area contributed by atoms with E-state index in [4.69, 9.17) is 0 Å². The monoisotopic (exact) mass is 314 g/mol. The van der Waals surface area contributed by atoms with Crippen LogP contribution in [-0.4, -0.2) is 64.5 Å². The average Bonchev–Trinajstić information content (AvgIpc) is 2.94. The zero-order valence-corrected chi connectivity index (χ0v) is 11.5. The zero-order chi connectivity index (χ0) is 16.4. The van der Waals surface area contributed by atoms with Crippen molar-refractivity contribution in [2.24, 2.45) is 0 Å². The van der Waals surface area contributed by atoms with E-state index in [9.17, 15) is 24.5 Å². The van der Waals surface area contributed by atoms with Gasteiger partial charge in [0.15, 0.2) is 6.54 Å². The van der Waals surface area contributed by atoms with Crippen LogP contribution in [0.25, 0.3) is 0 Å². The van der Waals surface area contributed by atoms with Crippen molar-refractivity contribution >= 4 is 24.8 Å². The second-order valence-electron chi connectivity index (χ2n) is 3.93. The quantitative estimate of drug-likeness (QED) is 0.219. The average molecular weight is 314 g/mol. The van der Waals surface area contributed by atoms with E-state index in [1.165, 1.54) is 17.3 Å². The van der Waals surface area contributed by atoms with E-state index >= 15 is 0 Å². The van der Waals surface area contributed by atoms with Gasteiger partial charge in [0, 0.05) is 0 Å². The standard InChI is InChI=1S/C11H14N4O7/c16-8-21-5-3-13(4-6-22-9-17)10(18)7-14-2-1-12-11(14)15(19)20/h1-2,8-9H,3-7H2. The van der Waals surface area contributed by atoms with E-state index in [1.807, 2.05) is 0 Å². The Kier molecular flexibility index (Phi) is 7.02. The molecule has 0 aliphatic rings. The van der Waals surface area contributed by atoms with Crippen molar-refractivity contribution in [3.05, 3.63) is 22.5 Å². The molecule has 11 nitrogen and oxygen atoms in total. The molecular formula is C11H14N4O7. The molecular weight excluding hydrogens is 300 g/mol. The highest BCUT2D eigenvalue weighted by Crippen LogP contribution is 2.08. The van der Waals surface area contributed by atoms with Crippen LogP contribution in [0.5, 0.6) is 0 Å². The summed E-state index contributed by atoms with van der Waals surface area (Å²) in [6, 6.07) is 0. The van der Waals surface area contributed by atoms with Gasteiger partial charge in [-0.1, -0.05) is 4.98 Å². The molecule has 1 heterocycles. The first kappa shape index (κ1) is 17.1. The maximum Gasteiger partial charge on any atom is 0.435 e. The van der Waals surface area contributed by atoms with E-state index < -0.39 is 16.8 Å². The Morgan fingerprint density at radius 1 is 1.32 bits per heavy atom. The fourth-order valence-electron chi connectivity index (χ4n) is 1.63. The summed E-state index contributed by atoms with van der Waals surface area (Å²) in [5.41, 5.74) is 0. The SMILES string of the molecule is O=COCCN(CCOC=O)C(=O)Cn1ccnc1[N+](=O)[O-]. The Hall–Kier alpha value is -2.98. The first-order valence-corrected chi connectivity index (χ1v) is 6.14. The smallest absolute Gasteiger partial charge is 0.435 e. The summed E-state index contributed by atoms with van der Waals surface area (Å²) in [6.07, 6.45) is 2.51. The molecule has 0 aromatic carbocycles. The largest absolute Gasteiger partial charge is 0.466 e. The van der Waals surface area contributed by atoms with Gasteiger partial charge in [-0.25, -0.2) is 4.57 Å². The lowest BCUT2D eigenvalue weighted by Crippen LogP contribution is -2.38. The molecule has 0 saturated heterocycles. The summed E-state index contributed by atoms with van der Waals surface area (Å²) < 4.78 is 10.1. The minimum absolute atomic E-state index is 0.0393. The summed E-state index contributed by atoms with van der Waals surface area (Å²) in [5, 5.41) is 10.7. The van der Waals surface area contributed by atoms with Crippen molar-refractivity contribution in [3.63, 3.8) is 0 Å². The fraction of sp³-hybridized carbons (Fsp3) is 0.455. The summed E-state index contributed by atoms with van der Waals surface area (Å²) in [6.45, 7) is 0.240. The predicted octanol–water partition coefficient (Wildman–Crippen LogP) is -1.03. The highest BCUT2D eigenvalue weighted by molar-refractivity contribution is 5.76. The molecule has 1 amide bonds. The molecule has 0 atom stereocenters. The number of amides is 1. The van der Waals surface area contributed by atoms with Gasteiger partial charge in [0.25, 0.3) is 18.9 Å². The van der Waals surface area contributed by atoms with Crippen molar-refractivity contribution in [1.82, 2.24) is 14.5 Å². The second-order valence-corrected chi connectivity index (χ2v) is 3.93. The number of rotatable bonds is 11. The van der Waals surface area contributed by atoms with E-state index in [-0.39, 0.29) is 45.8 Å². The number of imidazole rings is 1. The number of carbonyl (C=O) groups excluding carboxylic acids is 3. The van der Waals surface area contributed by atoms with Crippen LogP contribution in [0.4, 0.5) is 5.95 Å². The number of carbonyl (C=O) groups is 3. The highest BCUT2D eigenvalue weighted by Gasteiger charge is 2.21. The number of nitro groups is 1. The number of aromatic nitrogens is 2. The fourth-order valence-corrected chi connectivity index (χ4v) is 1.63. The maximum absolute atomic E-state index is 12.1. The van der Waals surface area contributed by atoms with Crippen molar-refractivity contribution in [2.45, 2.75) is 6.54 Å². The van der Waals surface area contributed by atoms with E-state index in [2.05, 4.69) is 14.5 Å². The number of nitrogens with zero attached hydrogens (tertiary/aromatic N) is 4. The van der Waals surface area contributed by atoms with E-state index in [0.717, 1.165) is 4.57 Å². The van der Waals surface area contributed by atoms with Crippen molar-refractivity contribution in [3.8, 4) is 0 Å². The van der Waals surface area contributed by atoms with Gasteiger partial charge in [-0.3, -0.25) is 14.4 Å². The van der Waals surface area contributed by atoms with Crippen LogP contribution in [0.1, 0.15) is 0 Å². The molecule has 1 aromatic rings. The van der Waals surface area contributed by atoms with Gasteiger partial charge in [0.1, 0.15) is 25.6 Å². The Balaban J connectivity index is 2.67. The molecule has 0 bridgehead atoms. The predicted molar refractivity (Wildman–Crippen MR) is 69.5 cm³/mol. The topological polar surface area (TPSA) is 134 Å². The van der Waals surface area contributed by atoms with Gasteiger partial charge in [-0.2, -0.15) is 0 Å². The lowest BCUT2D eigenvalue weighted by molar-refractivity contribution is -0.396. The van der Waals surface area contributed by atoms with E-state index in [1.54, 1.807) is 0 Å². The van der Waals surface area contributed by atoms with Gasteiger partial charge in [-0.05, 0) is 4.92 Å². The summed E-state index contributed by atoms with van der Waals surface area (Å²) in [7, 11) is 0. The van der Waals surface area contributed by atoms with Gasteiger partial charge in [-0.15, -0.1) is 0 Å². The van der Waals surface area contributed by atoms with Crippen molar-refractivity contribution < 1.29 is 28.8 Å². The van der Waals surface area contributed by atoms with Crippen molar-refractivity contribution in [2.75, 3.05) is 26.3 Å². The van der Waals surface area contributed by atoms with Crippen LogP contribution < -0.4 is 0 Å². The molecule has 0 spiro atoms. The van der Waals surface area contributed by atoms with Crippen LogP contribution >= 0.6 is 0 Å². The molecule has 22 heavy (non-hydrogen) atoms. The summed E-state index contributed by atoms with van der Waals surface area (Å²) >= 11 is 0. The highest BCUT2D eigenvalue weighted by atomic mass is 16.6. The molecule has 120 valence electrons. The van der Waals surface area contributed by atoms with E-state index in [0.29, 0.717) is 0 Å². The molecule has 0 N–H and O–H groups in total. The molecule has 0 aliphatic carbocycles. The normalized spacial score (nSPS) is 9.82. The summed E-state index contributed by atoms with van der Waals surface area (Å²) in [5.74, 6) is -0.924. The van der Waals surface area contributed by atoms with Gasteiger partial charge in [0.2, 0.25) is 0 Å². The Morgan fingerprint density at radius 3 is 2.41 bits per heavy atom. The maximum atomic E-state index is 12.1. The lowest BCUT2D eigenvalue weighted by atomic mass is 10.4. The molecule has 0 fully saturated rings. The Labute approximate surface area is 124 Å². The zero-order valence-electron chi connectivity index (χ0n) is 11.5. The first-order chi connectivity index (χ1) is 10.6. The van der Waals surface area contributed by atoms with Crippen LogP contribution in [0.2, 0.25) is 0 Å². The van der Waals surface area contributed by atoms with Crippen LogP contribution in [0.3, 0.4) is 0 Å². The number of hydrogen-bond acceptors (Lipinski definition) is 8. The van der Waals surface area contributed by atoms with Crippen LogP contribution in [0.15, 0.2) is 12.4 Å². The molecule has 0 aliphatic heterocycles. The molecule has 0 unspecified atom stereocenters. The lowest BCUT2D eigenvalue weighted by Gasteiger charge is -2.21. The number of ether oxygens (including phenoxy) is 2. The molecule has 1 aromatic heterocycles. The minimum atomic E-state index is -0.706. The first-order valence-electron chi connectivity index (χ1n) is 6.14. The molecule has 0 saturated carbocycles. The van der Waals surface area contributed by atoms with Gasteiger partial charge in [0.05, 0.1) is 13.1 Å². The Morgan fingerprint density at radius 2 is 1.91 bits per heavy atom. The third kappa shape index (κ3) is 5.19. The number of hydrogen-bond donors (Lipinski definition) is 0. The molecule has 0 radical (unpaired) electrons. The molecule has 1 rings (SSSR count).